The van der Waals surface area contributed by atoms with Crippen molar-refractivity contribution >= 4 is 23.4 Å². The van der Waals surface area contributed by atoms with Crippen LogP contribution < -0.4 is 10.1 Å². The minimum absolute atomic E-state index is 0.0891. The van der Waals surface area contributed by atoms with Gasteiger partial charge in [-0.25, -0.2) is 4.39 Å². The van der Waals surface area contributed by atoms with Crippen LogP contribution in [0, 0.1) is 5.82 Å². The van der Waals surface area contributed by atoms with Gasteiger partial charge in [-0.15, -0.1) is 0 Å². The number of nitrogens with zero attached hydrogens (tertiary/aromatic N) is 1. The number of rotatable bonds is 10. The molecule has 3 aromatic carbocycles. The molecule has 1 N–H and O–H groups in total. The van der Waals surface area contributed by atoms with Gasteiger partial charge >= 0.3 is 0 Å². The molecule has 0 aliphatic carbocycles. The van der Waals surface area contributed by atoms with Gasteiger partial charge in [0.1, 0.15) is 17.6 Å². The molecule has 0 aromatic heterocycles. The summed E-state index contributed by atoms with van der Waals surface area (Å²) in [6.07, 6.45) is 0.343. The third kappa shape index (κ3) is 7.59. The number of hydrogen-bond donors (Lipinski definition) is 1. The minimum Gasteiger partial charge on any atom is -0.484 e. The number of halogens is 2. The molecule has 0 unspecified atom stereocenters. The molecule has 0 aliphatic heterocycles. The Hall–Kier alpha value is -3.38. The van der Waals surface area contributed by atoms with Gasteiger partial charge in [-0.2, -0.15) is 0 Å². The van der Waals surface area contributed by atoms with Gasteiger partial charge in [0.25, 0.3) is 5.91 Å². The van der Waals surface area contributed by atoms with Crippen molar-refractivity contribution in [3.8, 4) is 5.75 Å². The largest absolute Gasteiger partial charge is 0.484 e. The average Bonchev–Trinajstić information content (AvgIpc) is 2.82. The van der Waals surface area contributed by atoms with Gasteiger partial charge in [0.2, 0.25) is 5.91 Å². The van der Waals surface area contributed by atoms with Crippen LogP contribution in [0.5, 0.6) is 5.75 Å². The number of carbonyl (C=O) groups is 2. The molecular weight excluding hydrogens is 455 g/mol. The quantitative estimate of drug-likeness (QED) is 0.441. The Balaban J connectivity index is 1.89. The van der Waals surface area contributed by atoms with Crippen molar-refractivity contribution in [1.29, 1.82) is 0 Å². The van der Waals surface area contributed by atoms with Crippen LogP contribution in [0.2, 0.25) is 5.02 Å². The highest BCUT2D eigenvalue weighted by molar-refractivity contribution is 6.30. The number of carbonyl (C=O) groups excluding carboxylic acids is 2. The van der Waals surface area contributed by atoms with E-state index in [0.29, 0.717) is 17.2 Å². The molecule has 34 heavy (non-hydrogen) atoms. The summed E-state index contributed by atoms with van der Waals surface area (Å²) in [5.74, 6) is -0.634. The van der Waals surface area contributed by atoms with Crippen LogP contribution in [-0.2, 0) is 22.6 Å². The molecule has 0 aliphatic rings. The molecule has 0 fully saturated rings. The van der Waals surface area contributed by atoms with Crippen LogP contribution in [0.15, 0.2) is 78.9 Å². The van der Waals surface area contributed by atoms with Crippen molar-refractivity contribution in [3.05, 3.63) is 101 Å². The maximum atomic E-state index is 13.4. The zero-order valence-electron chi connectivity index (χ0n) is 19.2. The van der Waals surface area contributed by atoms with E-state index < -0.39 is 11.9 Å². The van der Waals surface area contributed by atoms with Crippen molar-refractivity contribution in [2.75, 3.05) is 6.61 Å². The fourth-order valence-corrected chi connectivity index (χ4v) is 3.61. The van der Waals surface area contributed by atoms with Crippen LogP contribution in [0.4, 0.5) is 4.39 Å². The molecule has 178 valence electrons. The maximum absolute atomic E-state index is 13.4. The molecule has 3 rings (SSSR count). The first-order valence-electron chi connectivity index (χ1n) is 11.1. The first kappa shape index (κ1) is 25.2. The fraction of sp³-hybridized carbons (Fsp3) is 0.259. The molecular formula is C27H28ClFN2O3. The van der Waals surface area contributed by atoms with Gasteiger partial charge in [0.15, 0.2) is 6.61 Å². The topological polar surface area (TPSA) is 58.6 Å². The molecule has 3 aromatic rings. The second-order valence-corrected chi connectivity index (χ2v) is 8.70. The predicted molar refractivity (Wildman–Crippen MR) is 131 cm³/mol. The fourth-order valence-electron chi connectivity index (χ4n) is 3.48. The Bertz CT molecular complexity index is 1070. The molecule has 0 saturated carbocycles. The second kappa shape index (κ2) is 12.2. The molecule has 0 saturated heterocycles. The van der Waals surface area contributed by atoms with E-state index >= 15 is 0 Å². The summed E-state index contributed by atoms with van der Waals surface area (Å²) in [6.45, 7) is 3.66. The van der Waals surface area contributed by atoms with Crippen LogP contribution >= 0.6 is 11.6 Å². The summed E-state index contributed by atoms with van der Waals surface area (Å²) < 4.78 is 18.8. The van der Waals surface area contributed by atoms with Gasteiger partial charge in [-0.3, -0.25) is 9.59 Å². The summed E-state index contributed by atoms with van der Waals surface area (Å²) in [7, 11) is 0. The van der Waals surface area contributed by atoms with E-state index in [2.05, 4.69) is 5.32 Å². The zero-order valence-corrected chi connectivity index (χ0v) is 20.0. The van der Waals surface area contributed by atoms with E-state index in [-0.39, 0.29) is 31.0 Å². The van der Waals surface area contributed by atoms with E-state index in [4.69, 9.17) is 16.3 Å². The Morgan fingerprint density at radius 3 is 2.21 bits per heavy atom. The standard InChI is InChI=1S/C27H28ClFN2O3/c1-19(2)30-27(33)25(16-20-6-4-3-5-7-20)31(17-21-8-10-22(28)11-9-21)26(32)18-34-24-14-12-23(29)13-15-24/h3-15,19,25H,16-18H2,1-2H3,(H,30,33)/t25-/m1/s1. The van der Waals surface area contributed by atoms with Crippen molar-refractivity contribution < 1.29 is 18.7 Å². The highest BCUT2D eigenvalue weighted by atomic mass is 35.5. The monoisotopic (exact) mass is 482 g/mol. The Morgan fingerprint density at radius 2 is 1.59 bits per heavy atom. The molecule has 7 heteroatoms. The molecule has 0 radical (unpaired) electrons. The Kier molecular flexibility index (Phi) is 9.05. The number of ether oxygens (including phenoxy) is 1. The van der Waals surface area contributed by atoms with Gasteiger partial charge in [0, 0.05) is 24.0 Å². The lowest BCUT2D eigenvalue weighted by Gasteiger charge is -2.32. The van der Waals surface area contributed by atoms with Gasteiger partial charge in [-0.05, 0) is 61.4 Å². The van der Waals surface area contributed by atoms with Crippen molar-refractivity contribution in [1.82, 2.24) is 10.2 Å². The third-order valence-electron chi connectivity index (χ3n) is 5.14. The maximum Gasteiger partial charge on any atom is 0.261 e. The number of nitrogens with one attached hydrogen (secondary N) is 1. The second-order valence-electron chi connectivity index (χ2n) is 8.26. The summed E-state index contributed by atoms with van der Waals surface area (Å²) in [4.78, 5) is 28.2. The molecule has 2 amide bonds. The van der Waals surface area contributed by atoms with Crippen molar-refractivity contribution in [3.63, 3.8) is 0 Å². The third-order valence-corrected chi connectivity index (χ3v) is 5.40. The molecule has 0 heterocycles. The van der Waals surface area contributed by atoms with Crippen molar-refractivity contribution in [2.45, 2.75) is 38.9 Å². The molecule has 0 bridgehead atoms. The SMILES string of the molecule is CC(C)NC(=O)[C@@H](Cc1ccccc1)N(Cc1ccc(Cl)cc1)C(=O)COc1ccc(F)cc1. The highest BCUT2D eigenvalue weighted by Gasteiger charge is 2.31. The smallest absolute Gasteiger partial charge is 0.261 e. The van der Waals surface area contributed by atoms with E-state index in [0.717, 1.165) is 11.1 Å². The number of hydrogen-bond acceptors (Lipinski definition) is 3. The Morgan fingerprint density at radius 1 is 0.941 bits per heavy atom. The first-order chi connectivity index (χ1) is 16.3. The summed E-state index contributed by atoms with van der Waals surface area (Å²) in [5, 5.41) is 3.52. The van der Waals surface area contributed by atoms with E-state index in [1.807, 2.05) is 56.3 Å². The van der Waals surface area contributed by atoms with E-state index in [1.54, 1.807) is 12.1 Å². The lowest BCUT2D eigenvalue weighted by Crippen LogP contribution is -2.52. The molecule has 0 spiro atoms. The summed E-state index contributed by atoms with van der Waals surface area (Å²) >= 11 is 6.03. The average molecular weight is 483 g/mol. The molecule has 5 nitrogen and oxygen atoms in total. The number of amides is 2. The first-order valence-corrected chi connectivity index (χ1v) is 11.5. The highest BCUT2D eigenvalue weighted by Crippen LogP contribution is 2.18. The summed E-state index contributed by atoms with van der Waals surface area (Å²) in [5.41, 5.74) is 1.76. The lowest BCUT2D eigenvalue weighted by molar-refractivity contribution is -0.143. The van der Waals surface area contributed by atoms with Gasteiger partial charge in [-0.1, -0.05) is 54.1 Å². The van der Waals surface area contributed by atoms with Crippen LogP contribution in [-0.4, -0.2) is 35.4 Å². The van der Waals surface area contributed by atoms with Gasteiger partial charge < -0.3 is 15.0 Å². The van der Waals surface area contributed by atoms with Crippen LogP contribution in [0.25, 0.3) is 0 Å². The van der Waals surface area contributed by atoms with Crippen LogP contribution in [0.1, 0.15) is 25.0 Å². The Labute approximate surface area is 204 Å². The van der Waals surface area contributed by atoms with E-state index in [1.165, 1.54) is 29.2 Å². The normalized spacial score (nSPS) is 11.7. The molecule has 1 atom stereocenters. The minimum atomic E-state index is -0.759. The van der Waals surface area contributed by atoms with Crippen molar-refractivity contribution in [2.24, 2.45) is 0 Å². The van der Waals surface area contributed by atoms with Gasteiger partial charge in [0.05, 0.1) is 0 Å². The predicted octanol–water partition coefficient (Wildman–Crippen LogP) is 5.02. The lowest BCUT2D eigenvalue weighted by atomic mass is 10.0. The zero-order chi connectivity index (χ0) is 24.5. The van der Waals surface area contributed by atoms with E-state index in [9.17, 15) is 14.0 Å². The number of benzene rings is 3. The summed E-state index contributed by atoms with van der Waals surface area (Å²) in [6, 6.07) is 21.3. The van der Waals surface area contributed by atoms with Crippen LogP contribution in [0.3, 0.4) is 0 Å².